The number of hydrogen-bond acceptors (Lipinski definition) is 6. The highest BCUT2D eigenvalue weighted by Crippen LogP contribution is 2.21. The molecule has 1 aliphatic rings. The van der Waals surface area contributed by atoms with Crippen LogP contribution in [0, 0.1) is 10.1 Å². The lowest BCUT2D eigenvalue weighted by Gasteiger charge is -2.35. The molecule has 0 aliphatic carbocycles. The van der Waals surface area contributed by atoms with Gasteiger partial charge < -0.3 is 19.5 Å². The van der Waals surface area contributed by atoms with Crippen LogP contribution in [0.3, 0.4) is 0 Å². The summed E-state index contributed by atoms with van der Waals surface area (Å²) in [4.78, 5) is 38.6. The van der Waals surface area contributed by atoms with Crippen LogP contribution in [0.25, 0.3) is 6.08 Å². The van der Waals surface area contributed by atoms with Crippen LogP contribution < -0.4 is 10.2 Å². The smallest absolute Gasteiger partial charge is 0.395 e. The summed E-state index contributed by atoms with van der Waals surface area (Å²) in [5.41, 5.74) is 2.51. The average molecular weight is 446 g/mol. The summed E-state index contributed by atoms with van der Waals surface area (Å²) in [5.74, 6) is -1.18. The molecule has 0 atom stereocenters. The first kappa shape index (κ1) is 21.8. The zero-order chi connectivity index (χ0) is 23.2. The maximum absolute atomic E-state index is 12.5. The molecule has 3 aromatic rings. The minimum atomic E-state index is -0.696. The van der Waals surface area contributed by atoms with E-state index in [1.54, 1.807) is 18.2 Å². The monoisotopic (exact) mass is 446 g/mol. The van der Waals surface area contributed by atoms with Gasteiger partial charge in [0.05, 0.1) is 6.07 Å². The molecule has 0 saturated carbocycles. The van der Waals surface area contributed by atoms with Gasteiger partial charge in [-0.2, -0.15) is 0 Å². The summed E-state index contributed by atoms with van der Waals surface area (Å²) >= 11 is 0. The zero-order valence-electron chi connectivity index (χ0n) is 17.7. The molecule has 1 aromatic heterocycles. The fourth-order valence-electron chi connectivity index (χ4n) is 3.52. The Hall–Kier alpha value is -4.40. The van der Waals surface area contributed by atoms with Gasteiger partial charge in [0.15, 0.2) is 5.76 Å². The van der Waals surface area contributed by atoms with Gasteiger partial charge in [-0.1, -0.05) is 30.3 Å². The number of anilines is 2. The van der Waals surface area contributed by atoms with E-state index >= 15 is 0 Å². The normalized spacial score (nSPS) is 13.8. The minimum Gasteiger partial charge on any atom is -0.395 e. The summed E-state index contributed by atoms with van der Waals surface area (Å²) in [6.45, 7) is 2.64. The Balaban J connectivity index is 1.29. The van der Waals surface area contributed by atoms with E-state index in [0.717, 1.165) is 17.3 Å². The molecule has 33 heavy (non-hydrogen) atoms. The topological polar surface area (TPSA) is 109 Å². The first-order chi connectivity index (χ1) is 16.0. The number of piperazine rings is 1. The standard InChI is InChI=1S/C24H22N4O5/c29-22(12-6-18-4-2-1-3-5-18)27-16-14-26(15-17-27)20-9-7-19(8-10-20)25-24(30)21-11-13-23(33-21)28(31)32/h1-13H,14-17H2,(H,25,30)/b12-6-. The molecule has 0 radical (unpaired) electrons. The number of furan rings is 1. The van der Waals surface area contributed by atoms with E-state index in [1.165, 1.54) is 6.07 Å². The maximum Gasteiger partial charge on any atom is 0.433 e. The van der Waals surface area contributed by atoms with E-state index in [4.69, 9.17) is 4.42 Å². The highest BCUT2D eigenvalue weighted by atomic mass is 16.6. The van der Waals surface area contributed by atoms with Crippen molar-refractivity contribution < 1.29 is 18.9 Å². The van der Waals surface area contributed by atoms with Crippen LogP contribution in [-0.4, -0.2) is 47.8 Å². The van der Waals surface area contributed by atoms with Crippen LogP contribution in [0.5, 0.6) is 0 Å². The Morgan fingerprint density at radius 2 is 1.64 bits per heavy atom. The molecule has 9 heteroatoms. The molecular weight excluding hydrogens is 424 g/mol. The summed E-state index contributed by atoms with van der Waals surface area (Å²) in [6.07, 6.45) is 3.43. The van der Waals surface area contributed by atoms with Crippen LogP contribution in [0.1, 0.15) is 16.1 Å². The number of nitrogens with one attached hydrogen (secondary N) is 1. The number of carbonyl (C=O) groups excluding carboxylic acids is 2. The predicted molar refractivity (Wildman–Crippen MR) is 124 cm³/mol. The number of hydrogen-bond donors (Lipinski definition) is 1. The Labute approximate surface area is 190 Å². The third kappa shape index (κ3) is 5.45. The quantitative estimate of drug-likeness (QED) is 0.350. The van der Waals surface area contributed by atoms with Crippen LogP contribution >= 0.6 is 0 Å². The fraction of sp³-hybridized carbons (Fsp3) is 0.167. The number of nitro groups is 1. The molecule has 0 unspecified atom stereocenters. The molecule has 1 saturated heterocycles. The Morgan fingerprint density at radius 1 is 0.939 bits per heavy atom. The molecule has 1 aliphatic heterocycles. The lowest BCUT2D eigenvalue weighted by molar-refractivity contribution is -0.402. The lowest BCUT2D eigenvalue weighted by atomic mass is 10.2. The van der Waals surface area contributed by atoms with Gasteiger partial charge in [0, 0.05) is 43.6 Å². The maximum atomic E-state index is 12.5. The van der Waals surface area contributed by atoms with Crippen molar-refractivity contribution in [3.8, 4) is 0 Å². The second-order valence-corrected chi connectivity index (χ2v) is 7.45. The van der Waals surface area contributed by atoms with Crippen molar-refractivity contribution in [3.05, 3.63) is 94.2 Å². The number of benzene rings is 2. The lowest BCUT2D eigenvalue weighted by Crippen LogP contribution is -2.48. The van der Waals surface area contributed by atoms with Crippen molar-refractivity contribution in [1.82, 2.24) is 4.90 Å². The van der Waals surface area contributed by atoms with E-state index in [-0.39, 0.29) is 11.7 Å². The Kier molecular flexibility index (Phi) is 6.49. The predicted octanol–water partition coefficient (Wildman–Crippen LogP) is 3.80. The van der Waals surface area contributed by atoms with Gasteiger partial charge in [0.25, 0.3) is 5.91 Å². The molecule has 2 amide bonds. The molecule has 168 valence electrons. The third-order valence-electron chi connectivity index (χ3n) is 5.30. The van der Waals surface area contributed by atoms with E-state index in [1.807, 2.05) is 53.4 Å². The van der Waals surface area contributed by atoms with Crippen molar-refractivity contribution in [2.45, 2.75) is 0 Å². The average Bonchev–Trinajstić information content (AvgIpc) is 3.35. The van der Waals surface area contributed by atoms with Gasteiger partial charge in [0.2, 0.25) is 5.91 Å². The minimum absolute atomic E-state index is 0.00488. The molecule has 4 rings (SSSR count). The van der Waals surface area contributed by atoms with E-state index in [9.17, 15) is 19.7 Å². The number of carbonyl (C=O) groups is 2. The van der Waals surface area contributed by atoms with Gasteiger partial charge in [-0.3, -0.25) is 19.7 Å². The highest BCUT2D eigenvalue weighted by molar-refractivity contribution is 6.02. The summed E-state index contributed by atoms with van der Waals surface area (Å²) in [7, 11) is 0. The van der Waals surface area contributed by atoms with Crippen molar-refractivity contribution in [2.75, 3.05) is 36.4 Å². The van der Waals surface area contributed by atoms with Crippen molar-refractivity contribution in [1.29, 1.82) is 0 Å². The summed E-state index contributed by atoms with van der Waals surface area (Å²) in [6, 6.07) is 19.4. The van der Waals surface area contributed by atoms with Gasteiger partial charge in [-0.05, 0) is 42.0 Å². The first-order valence-corrected chi connectivity index (χ1v) is 10.4. The molecule has 1 fully saturated rings. The van der Waals surface area contributed by atoms with Crippen molar-refractivity contribution >= 4 is 35.1 Å². The fourth-order valence-corrected chi connectivity index (χ4v) is 3.52. The Morgan fingerprint density at radius 3 is 2.27 bits per heavy atom. The molecule has 1 N–H and O–H groups in total. The van der Waals surface area contributed by atoms with Gasteiger partial charge in [-0.25, -0.2) is 0 Å². The third-order valence-corrected chi connectivity index (χ3v) is 5.30. The van der Waals surface area contributed by atoms with Crippen molar-refractivity contribution in [2.24, 2.45) is 0 Å². The number of amides is 2. The van der Waals surface area contributed by atoms with Crippen LogP contribution in [-0.2, 0) is 4.79 Å². The molecule has 2 heterocycles. The van der Waals surface area contributed by atoms with Crippen molar-refractivity contribution in [3.63, 3.8) is 0 Å². The number of rotatable bonds is 6. The highest BCUT2D eigenvalue weighted by Gasteiger charge is 2.20. The first-order valence-electron chi connectivity index (χ1n) is 10.4. The molecule has 0 bridgehead atoms. The van der Waals surface area contributed by atoms with E-state index < -0.39 is 16.7 Å². The second kappa shape index (κ2) is 9.82. The van der Waals surface area contributed by atoms with E-state index in [2.05, 4.69) is 10.2 Å². The number of nitrogens with zero attached hydrogens (tertiary/aromatic N) is 3. The van der Waals surface area contributed by atoms with E-state index in [0.29, 0.717) is 31.9 Å². The second-order valence-electron chi connectivity index (χ2n) is 7.45. The van der Waals surface area contributed by atoms with Crippen LogP contribution in [0.4, 0.5) is 17.3 Å². The Bertz CT molecular complexity index is 1160. The van der Waals surface area contributed by atoms with Gasteiger partial charge >= 0.3 is 5.88 Å². The molecule has 9 nitrogen and oxygen atoms in total. The molecule has 0 spiro atoms. The molecule has 2 aromatic carbocycles. The largest absolute Gasteiger partial charge is 0.433 e. The summed E-state index contributed by atoms with van der Waals surface area (Å²) in [5, 5.41) is 13.3. The van der Waals surface area contributed by atoms with Crippen LogP contribution in [0.2, 0.25) is 0 Å². The van der Waals surface area contributed by atoms with Crippen LogP contribution in [0.15, 0.2) is 77.2 Å². The molecular formula is C24H22N4O5. The van der Waals surface area contributed by atoms with Gasteiger partial charge in [0.1, 0.15) is 4.92 Å². The summed E-state index contributed by atoms with van der Waals surface area (Å²) < 4.78 is 4.91. The SMILES string of the molecule is O=C(Nc1ccc(N2CCN(C(=O)/C=C\c3ccccc3)CC2)cc1)c1ccc([N+](=O)[O-])o1. The zero-order valence-corrected chi connectivity index (χ0v) is 17.7. The van der Waals surface area contributed by atoms with Gasteiger partial charge in [-0.15, -0.1) is 0 Å².